The van der Waals surface area contributed by atoms with E-state index in [4.69, 9.17) is 5.73 Å². The highest BCUT2D eigenvalue weighted by atomic mass is 32.2. The second kappa shape index (κ2) is 8.92. The van der Waals surface area contributed by atoms with Crippen molar-refractivity contribution in [1.82, 2.24) is 29.1 Å². The third-order valence-corrected chi connectivity index (χ3v) is 5.74. The fourth-order valence-corrected chi connectivity index (χ4v) is 3.70. The molecule has 1 amide bonds. The molecule has 0 saturated carbocycles. The summed E-state index contributed by atoms with van der Waals surface area (Å²) in [6.07, 6.45) is 3.42. The van der Waals surface area contributed by atoms with Crippen molar-refractivity contribution in [3.8, 4) is 0 Å². The predicted octanol–water partition coefficient (Wildman–Crippen LogP) is 0.901. The minimum atomic E-state index is -0.700. The van der Waals surface area contributed by atoms with Gasteiger partial charge in [0.25, 0.3) is 11.3 Å². The number of fused-ring (bicyclic) bond motifs is 1. The Labute approximate surface area is 182 Å². The minimum Gasteiger partial charge on any atom is -0.383 e. The molecule has 0 bridgehead atoms. The molecule has 31 heavy (non-hydrogen) atoms. The second-order valence-corrected chi connectivity index (χ2v) is 7.97. The van der Waals surface area contributed by atoms with E-state index in [-0.39, 0.29) is 23.8 Å². The van der Waals surface area contributed by atoms with Crippen LogP contribution in [0.4, 0.5) is 11.5 Å². The summed E-state index contributed by atoms with van der Waals surface area (Å²) < 4.78 is 2.89. The Morgan fingerprint density at radius 1 is 1.26 bits per heavy atom. The number of aromatic amines is 1. The topological polar surface area (TPSA) is 144 Å². The van der Waals surface area contributed by atoms with Gasteiger partial charge in [-0.15, -0.1) is 5.10 Å². The number of hydrogen-bond donors (Lipinski definition) is 2. The molecule has 0 atom stereocenters. The van der Waals surface area contributed by atoms with Crippen molar-refractivity contribution in [3.05, 3.63) is 37.8 Å². The van der Waals surface area contributed by atoms with Gasteiger partial charge in [0.05, 0.1) is 6.42 Å². The van der Waals surface area contributed by atoms with Crippen molar-refractivity contribution in [2.24, 2.45) is 0 Å². The number of nitrogen functional groups attached to an aromatic ring is 1. The zero-order valence-electron chi connectivity index (χ0n) is 18.2. The number of nitrogens with one attached hydrogen (secondary N) is 1. The van der Waals surface area contributed by atoms with Gasteiger partial charge in [0.1, 0.15) is 5.82 Å². The maximum atomic E-state index is 13.1. The first-order chi connectivity index (χ1) is 14.7. The highest BCUT2D eigenvalue weighted by Gasteiger charge is 2.23. The molecule has 0 saturated heterocycles. The largest absolute Gasteiger partial charge is 0.383 e. The molecule has 3 rings (SSSR count). The standard InChI is InChI=1S/C19H26N8O3S/c1-6-7-8-26-15(20)14(16(29)22-19(26)30)25(4)13(28)9-12-10(2)21-17-23-18(31-5)24-27(17)11(12)3/h6-9,20H2,1-5H3,(H,22,29,30). The lowest BCUT2D eigenvalue weighted by Gasteiger charge is -2.21. The number of thioether (sulfide) groups is 1. The van der Waals surface area contributed by atoms with Crippen molar-refractivity contribution in [1.29, 1.82) is 0 Å². The molecule has 0 aliphatic rings. The Balaban J connectivity index is 1.98. The van der Waals surface area contributed by atoms with Crippen molar-refractivity contribution >= 4 is 35.0 Å². The van der Waals surface area contributed by atoms with E-state index in [1.807, 2.05) is 20.1 Å². The Kier molecular flexibility index (Phi) is 6.48. The van der Waals surface area contributed by atoms with Gasteiger partial charge in [-0.05, 0) is 26.5 Å². The van der Waals surface area contributed by atoms with E-state index in [1.165, 1.54) is 28.3 Å². The molecular formula is C19H26N8O3S. The number of anilines is 2. The molecule has 0 aromatic carbocycles. The first-order valence-electron chi connectivity index (χ1n) is 9.85. The normalized spacial score (nSPS) is 11.3. The van der Waals surface area contributed by atoms with Crippen LogP contribution in [0, 0.1) is 13.8 Å². The summed E-state index contributed by atoms with van der Waals surface area (Å²) in [7, 11) is 1.47. The van der Waals surface area contributed by atoms with Gasteiger partial charge in [-0.2, -0.15) is 4.98 Å². The monoisotopic (exact) mass is 446 g/mol. The molecule has 0 aliphatic heterocycles. The highest BCUT2D eigenvalue weighted by Crippen LogP contribution is 2.20. The molecule has 12 heteroatoms. The third kappa shape index (κ3) is 4.20. The number of nitrogens with two attached hydrogens (primary N) is 1. The second-order valence-electron chi connectivity index (χ2n) is 7.20. The van der Waals surface area contributed by atoms with Crippen LogP contribution < -0.4 is 21.9 Å². The number of hydrogen-bond acceptors (Lipinski definition) is 8. The van der Waals surface area contributed by atoms with E-state index in [0.717, 1.165) is 12.1 Å². The van der Waals surface area contributed by atoms with Gasteiger partial charge < -0.3 is 10.6 Å². The Morgan fingerprint density at radius 2 is 1.97 bits per heavy atom. The van der Waals surface area contributed by atoms with Gasteiger partial charge >= 0.3 is 5.69 Å². The third-order valence-electron chi connectivity index (χ3n) is 5.20. The van der Waals surface area contributed by atoms with Crippen LogP contribution in [0.15, 0.2) is 14.7 Å². The summed E-state index contributed by atoms with van der Waals surface area (Å²) in [4.78, 5) is 49.9. The average molecular weight is 447 g/mol. The molecule has 3 aromatic rings. The van der Waals surface area contributed by atoms with Crippen molar-refractivity contribution < 1.29 is 4.79 Å². The average Bonchev–Trinajstić information content (AvgIpc) is 3.13. The number of rotatable bonds is 7. The molecule has 3 heterocycles. The Hall–Kier alpha value is -3.15. The first-order valence-corrected chi connectivity index (χ1v) is 11.1. The Morgan fingerprint density at radius 3 is 2.61 bits per heavy atom. The smallest absolute Gasteiger partial charge is 0.330 e. The number of carbonyl (C=O) groups excluding carboxylic acids is 1. The SMILES string of the molecule is CCCCn1c(N)c(N(C)C(=O)Cc2c(C)nc3nc(SC)nn3c2C)c(=O)[nH]c1=O. The van der Waals surface area contributed by atoms with Crippen molar-refractivity contribution in [3.63, 3.8) is 0 Å². The fraction of sp³-hybridized carbons (Fsp3) is 0.474. The van der Waals surface area contributed by atoms with E-state index in [2.05, 4.69) is 20.1 Å². The molecule has 11 nitrogen and oxygen atoms in total. The highest BCUT2D eigenvalue weighted by molar-refractivity contribution is 7.98. The molecule has 0 spiro atoms. The number of amides is 1. The molecule has 166 valence electrons. The molecule has 3 aromatic heterocycles. The lowest BCUT2D eigenvalue weighted by Crippen LogP contribution is -2.40. The van der Waals surface area contributed by atoms with Gasteiger partial charge in [0.15, 0.2) is 5.69 Å². The van der Waals surface area contributed by atoms with Crippen LogP contribution in [-0.4, -0.2) is 48.3 Å². The number of H-pyrrole nitrogens is 1. The van der Waals surface area contributed by atoms with Gasteiger partial charge in [-0.25, -0.2) is 14.3 Å². The van der Waals surface area contributed by atoms with Crippen LogP contribution in [0.3, 0.4) is 0 Å². The van der Waals surface area contributed by atoms with Crippen LogP contribution in [0.1, 0.15) is 36.7 Å². The van der Waals surface area contributed by atoms with Crippen molar-refractivity contribution in [2.45, 2.75) is 51.7 Å². The summed E-state index contributed by atoms with van der Waals surface area (Å²) in [6.45, 7) is 5.98. The molecule has 0 fully saturated rings. The quantitative estimate of drug-likeness (QED) is 0.509. The van der Waals surface area contributed by atoms with Crippen LogP contribution in [0.5, 0.6) is 0 Å². The van der Waals surface area contributed by atoms with E-state index < -0.39 is 11.2 Å². The summed E-state index contributed by atoms with van der Waals surface area (Å²) in [5.41, 5.74) is 6.88. The Bertz CT molecular complexity index is 1260. The maximum Gasteiger partial charge on any atom is 0.330 e. The van der Waals surface area contributed by atoms with Gasteiger partial charge in [-0.1, -0.05) is 25.1 Å². The van der Waals surface area contributed by atoms with Gasteiger partial charge in [0, 0.05) is 30.5 Å². The van der Waals surface area contributed by atoms with Gasteiger partial charge in [0.2, 0.25) is 11.1 Å². The number of unbranched alkanes of at least 4 members (excludes halogenated alkanes) is 1. The first kappa shape index (κ1) is 22.5. The number of likely N-dealkylation sites (N-methyl/N-ethyl adjacent to an activating group) is 1. The number of aromatic nitrogens is 6. The van der Waals surface area contributed by atoms with Crippen molar-refractivity contribution in [2.75, 3.05) is 23.9 Å². The van der Waals surface area contributed by atoms with Crippen LogP contribution in [-0.2, 0) is 17.8 Å². The predicted molar refractivity (Wildman–Crippen MR) is 120 cm³/mol. The maximum absolute atomic E-state index is 13.1. The van der Waals surface area contributed by atoms with E-state index in [9.17, 15) is 14.4 Å². The molecule has 0 aliphatic carbocycles. The lowest BCUT2D eigenvalue weighted by molar-refractivity contribution is -0.117. The van der Waals surface area contributed by atoms with E-state index in [1.54, 1.807) is 11.4 Å². The molecule has 3 N–H and O–H groups in total. The number of carbonyl (C=O) groups is 1. The lowest BCUT2D eigenvalue weighted by atomic mass is 10.1. The zero-order valence-corrected chi connectivity index (χ0v) is 19.0. The fourth-order valence-electron chi connectivity index (χ4n) is 3.37. The van der Waals surface area contributed by atoms with Crippen LogP contribution >= 0.6 is 11.8 Å². The summed E-state index contributed by atoms with van der Waals surface area (Å²) in [5.74, 6) is 0.0731. The molecule has 0 radical (unpaired) electrons. The van der Waals surface area contributed by atoms with Gasteiger partial charge in [-0.3, -0.25) is 19.1 Å². The summed E-state index contributed by atoms with van der Waals surface area (Å²) in [6, 6.07) is 0. The number of nitrogens with zero attached hydrogens (tertiary/aromatic N) is 6. The van der Waals surface area contributed by atoms with Crippen LogP contribution in [0.2, 0.25) is 0 Å². The molecule has 0 unspecified atom stereocenters. The summed E-state index contributed by atoms with van der Waals surface area (Å²) >= 11 is 1.40. The van der Waals surface area contributed by atoms with E-state index in [0.29, 0.717) is 35.2 Å². The minimum absolute atomic E-state index is 0.0153. The van der Waals surface area contributed by atoms with E-state index >= 15 is 0 Å². The van der Waals surface area contributed by atoms with Crippen LogP contribution in [0.25, 0.3) is 5.78 Å². The molecular weight excluding hydrogens is 420 g/mol. The summed E-state index contributed by atoms with van der Waals surface area (Å²) in [5, 5.41) is 4.98. The number of aryl methyl sites for hydroxylation is 2. The zero-order chi connectivity index (χ0) is 22.9.